The van der Waals surface area contributed by atoms with Crippen molar-refractivity contribution >= 4 is 35.9 Å². The van der Waals surface area contributed by atoms with Gasteiger partial charge in [-0.05, 0) is 12.8 Å². The van der Waals surface area contributed by atoms with Gasteiger partial charge < -0.3 is 31.9 Å². The maximum absolute atomic E-state index is 11.9. The lowest BCUT2D eigenvalue weighted by molar-refractivity contribution is -0.136. The Morgan fingerprint density at radius 3 is 1.33 bits per heavy atom. The van der Waals surface area contributed by atoms with Crippen molar-refractivity contribution in [2.75, 3.05) is 13.1 Å². The molecule has 0 spiro atoms. The second kappa shape index (κ2) is 11.2. The van der Waals surface area contributed by atoms with Gasteiger partial charge >= 0.3 is 11.9 Å². The van der Waals surface area contributed by atoms with E-state index in [0.717, 1.165) is 0 Å². The van der Waals surface area contributed by atoms with Crippen molar-refractivity contribution in [1.29, 1.82) is 0 Å². The van der Waals surface area contributed by atoms with Gasteiger partial charge in [0.15, 0.2) is 11.6 Å². The molecule has 12 nitrogen and oxygen atoms in total. The molecule has 0 aromatic rings. The Bertz CT molecular complexity index is 569. The molecule has 27 heavy (non-hydrogen) atoms. The molecule has 0 rings (SSSR count). The van der Waals surface area contributed by atoms with Gasteiger partial charge in [-0.15, -0.1) is 0 Å². The van der Waals surface area contributed by atoms with Crippen molar-refractivity contribution in [3.8, 4) is 0 Å². The van der Waals surface area contributed by atoms with E-state index in [4.69, 9.17) is 21.7 Å². The lowest BCUT2D eigenvalue weighted by Gasteiger charge is -2.20. The fourth-order valence-electron chi connectivity index (χ4n) is 1.95. The number of Topliss-reactive ketones (excluding diaryl/α,β-unsaturated/α-hetero) is 2. The summed E-state index contributed by atoms with van der Waals surface area (Å²) in [6.45, 7) is -1.17. The van der Waals surface area contributed by atoms with E-state index in [2.05, 4.69) is 9.98 Å². The van der Waals surface area contributed by atoms with Gasteiger partial charge in [-0.3, -0.25) is 9.59 Å². The molecule has 0 heterocycles. The van der Waals surface area contributed by atoms with E-state index < -0.39 is 48.0 Å². The van der Waals surface area contributed by atoms with E-state index in [1.54, 1.807) is 0 Å². The van der Waals surface area contributed by atoms with E-state index in [9.17, 15) is 29.4 Å². The van der Waals surface area contributed by atoms with Crippen LogP contribution in [0.5, 0.6) is 0 Å². The number of carbonyl (C=O) groups excluding carboxylic acids is 2. The fraction of sp³-hybridized carbons (Fsp3) is 0.600. The summed E-state index contributed by atoms with van der Waals surface area (Å²) in [7, 11) is 0. The zero-order chi connectivity index (χ0) is 21.1. The average Bonchev–Trinajstić information content (AvgIpc) is 2.63. The summed E-state index contributed by atoms with van der Waals surface area (Å²) >= 11 is 0. The third-order valence-electron chi connectivity index (χ3n) is 3.55. The highest BCUT2D eigenvalue weighted by molar-refractivity contribution is 6.22. The Hall–Kier alpha value is -2.54. The maximum Gasteiger partial charge on any atom is 0.346 e. The molecule has 0 bridgehead atoms. The van der Waals surface area contributed by atoms with Crippen LogP contribution in [-0.2, 0) is 19.2 Å². The topological polar surface area (TPSA) is 226 Å². The van der Waals surface area contributed by atoms with Crippen LogP contribution in [0.2, 0.25) is 0 Å². The number of carboxylic acid groups (broad SMARTS) is 2. The minimum atomic E-state index is -2.32. The van der Waals surface area contributed by atoms with Crippen LogP contribution in [0.1, 0.15) is 32.1 Å². The number of ketones is 2. The third kappa shape index (κ3) is 8.59. The molecule has 2 unspecified atom stereocenters. The summed E-state index contributed by atoms with van der Waals surface area (Å²) < 4.78 is 0. The SMILES string of the molecule is NCC(O)(/N=C\C(=O)O)C(=O)CCCCCC(=O)C(O)(CN)/N=C/C(=O)O. The summed E-state index contributed by atoms with van der Waals surface area (Å²) in [5, 5.41) is 36.8. The monoisotopic (exact) mass is 388 g/mol. The van der Waals surface area contributed by atoms with Gasteiger partial charge in [0.2, 0.25) is 11.4 Å². The number of nitrogens with zero attached hydrogens (tertiary/aromatic N) is 2. The Kier molecular flexibility index (Phi) is 10.2. The number of carbonyl (C=O) groups is 4. The number of carboxylic acids is 2. The molecular weight excluding hydrogens is 364 g/mol. The first kappa shape index (κ1) is 24.5. The van der Waals surface area contributed by atoms with Crippen LogP contribution in [0, 0.1) is 0 Å². The number of hydrogen-bond acceptors (Lipinski definition) is 10. The average molecular weight is 388 g/mol. The molecule has 152 valence electrons. The third-order valence-corrected chi connectivity index (χ3v) is 3.55. The molecule has 0 saturated heterocycles. The second-order valence-corrected chi connectivity index (χ2v) is 5.64. The van der Waals surface area contributed by atoms with Crippen molar-refractivity contribution in [2.24, 2.45) is 21.5 Å². The van der Waals surface area contributed by atoms with Gasteiger partial charge in [-0.1, -0.05) is 6.42 Å². The first-order chi connectivity index (χ1) is 12.5. The fourth-order valence-corrected chi connectivity index (χ4v) is 1.95. The molecule has 12 heteroatoms. The number of aliphatic imine (C=N–C) groups is 2. The van der Waals surface area contributed by atoms with Crippen molar-refractivity contribution in [1.82, 2.24) is 0 Å². The van der Waals surface area contributed by atoms with E-state index in [1.807, 2.05) is 0 Å². The highest BCUT2D eigenvalue weighted by Crippen LogP contribution is 2.15. The van der Waals surface area contributed by atoms with Gasteiger partial charge in [0.25, 0.3) is 0 Å². The lowest BCUT2D eigenvalue weighted by Crippen LogP contribution is -2.44. The van der Waals surface area contributed by atoms with Crippen molar-refractivity contribution < 1.29 is 39.6 Å². The summed E-state index contributed by atoms with van der Waals surface area (Å²) in [5.74, 6) is -4.41. The molecule has 0 aliphatic rings. The van der Waals surface area contributed by atoms with Crippen LogP contribution in [0.15, 0.2) is 9.98 Å². The number of aliphatic hydroxyl groups is 2. The van der Waals surface area contributed by atoms with Crippen molar-refractivity contribution in [3.63, 3.8) is 0 Å². The largest absolute Gasteiger partial charge is 0.477 e. The lowest BCUT2D eigenvalue weighted by atomic mass is 9.99. The Labute approximate surface area is 154 Å². The Balaban J connectivity index is 4.49. The minimum Gasteiger partial charge on any atom is -0.477 e. The highest BCUT2D eigenvalue weighted by atomic mass is 16.4. The van der Waals surface area contributed by atoms with Crippen LogP contribution in [0.4, 0.5) is 0 Å². The first-order valence-corrected chi connectivity index (χ1v) is 7.98. The van der Waals surface area contributed by atoms with Crippen LogP contribution >= 0.6 is 0 Å². The maximum atomic E-state index is 11.9. The molecule has 0 aromatic heterocycles. The number of nitrogens with two attached hydrogens (primary N) is 2. The van der Waals surface area contributed by atoms with E-state index in [1.165, 1.54) is 0 Å². The molecule has 0 aliphatic carbocycles. The molecule has 0 radical (unpaired) electrons. The van der Waals surface area contributed by atoms with E-state index in [0.29, 0.717) is 18.9 Å². The summed E-state index contributed by atoms with van der Waals surface area (Å²) in [4.78, 5) is 51.2. The molecular formula is C15H24N4O8. The zero-order valence-corrected chi connectivity index (χ0v) is 14.6. The molecule has 0 saturated carbocycles. The predicted molar refractivity (Wildman–Crippen MR) is 93.4 cm³/mol. The summed E-state index contributed by atoms with van der Waals surface area (Å²) in [6.07, 6.45) is 1.30. The standard InChI is InChI=1S/C15H24N4O8/c16-8-14(26,18-6-12(22)23)10(20)4-2-1-3-5-11(21)15(27,9-17)19-7-13(24)25/h6-7,26-27H,1-5,8-9,16-17H2,(H,22,23)(H,24,25)/b18-6-,19-7+. The first-order valence-electron chi connectivity index (χ1n) is 7.98. The summed E-state index contributed by atoms with van der Waals surface area (Å²) in [5.41, 5.74) is 5.88. The second-order valence-electron chi connectivity index (χ2n) is 5.64. The van der Waals surface area contributed by atoms with Gasteiger partial charge in [0.05, 0.1) is 13.1 Å². The van der Waals surface area contributed by atoms with Crippen molar-refractivity contribution in [2.45, 2.75) is 43.6 Å². The molecule has 0 aromatic carbocycles. The van der Waals surface area contributed by atoms with E-state index >= 15 is 0 Å². The number of rotatable bonds is 14. The molecule has 0 fully saturated rings. The van der Waals surface area contributed by atoms with Crippen LogP contribution in [0.3, 0.4) is 0 Å². The van der Waals surface area contributed by atoms with Crippen LogP contribution in [-0.4, -0.2) is 80.9 Å². The molecule has 0 amide bonds. The molecule has 8 N–H and O–H groups in total. The van der Waals surface area contributed by atoms with Gasteiger partial charge in [-0.25, -0.2) is 19.6 Å². The quantitative estimate of drug-likeness (QED) is 0.137. The predicted octanol–water partition coefficient (Wildman–Crippen LogP) is -2.32. The number of aliphatic carboxylic acids is 2. The van der Waals surface area contributed by atoms with Crippen LogP contribution in [0.25, 0.3) is 0 Å². The Morgan fingerprint density at radius 1 is 0.741 bits per heavy atom. The smallest absolute Gasteiger partial charge is 0.346 e. The number of hydrogen-bond donors (Lipinski definition) is 6. The molecule has 0 aliphatic heterocycles. The van der Waals surface area contributed by atoms with E-state index in [-0.39, 0.29) is 25.7 Å². The summed E-state index contributed by atoms with van der Waals surface area (Å²) in [6, 6.07) is 0. The molecule has 2 atom stereocenters. The highest BCUT2D eigenvalue weighted by Gasteiger charge is 2.34. The zero-order valence-electron chi connectivity index (χ0n) is 14.6. The normalized spacial score (nSPS) is 16.1. The minimum absolute atomic E-state index is 0.156. The van der Waals surface area contributed by atoms with Gasteiger partial charge in [0.1, 0.15) is 12.4 Å². The Morgan fingerprint density at radius 2 is 1.07 bits per heavy atom. The van der Waals surface area contributed by atoms with Gasteiger partial charge in [-0.2, -0.15) is 0 Å². The van der Waals surface area contributed by atoms with Crippen molar-refractivity contribution in [3.05, 3.63) is 0 Å². The van der Waals surface area contributed by atoms with Gasteiger partial charge in [0, 0.05) is 12.8 Å². The number of unbranched alkanes of at least 4 members (excludes halogenated alkanes) is 2. The van der Waals surface area contributed by atoms with Crippen LogP contribution < -0.4 is 11.5 Å².